The molecule has 1 amide bonds. The van der Waals surface area contributed by atoms with Gasteiger partial charge in [-0.05, 0) is 36.2 Å². The molecule has 3 rings (SSSR count). The van der Waals surface area contributed by atoms with Gasteiger partial charge in [-0.15, -0.1) is 0 Å². The van der Waals surface area contributed by atoms with Crippen molar-refractivity contribution in [3.63, 3.8) is 0 Å². The molecule has 0 bridgehead atoms. The maximum atomic E-state index is 12.1. The average Bonchev–Trinajstić information content (AvgIpc) is 2.45. The van der Waals surface area contributed by atoms with Crippen LogP contribution in [0.1, 0.15) is 15.9 Å². The lowest BCUT2D eigenvalue weighted by atomic mass is 9.97. The number of anilines is 2. The molecule has 0 saturated carbocycles. The van der Waals surface area contributed by atoms with Crippen LogP contribution in [-0.4, -0.2) is 29.4 Å². The minimum atomic E-state index is 0.0969. The summed E-state index contributed by atoms with van der Waals surface area (Å²) < 4.78 is 0. The first-order chi connectivity index (χ1) is 9.25. The van der Waals surface area contributed by atoms with E-state index in [0.717, 1.165) is 35.5 Å². The second kappa shape index (κ2) is 4.72. The van der Waals surface area contributed by atoms with Crippen LogP contribution in [-0.2, 0) is 6.42 Å². The predicted octanol–water partition coefficient (Wildman–Crippen LogP) is 2.45. The zero-order chi connectivity index (χ0) is 13.2. The molecule has 0 saturated heterocycles. The summed E-state index contributed by atoms with van der Waals surface area (Å²) in [5.74, 6) is 0.0969. The highest BCUT2D eigenvalue weighted by molar-refractivity contribution is 5.98. The molecule has 1 aliphatic heterocycles. The molecule has 19 heavy (non-hydrogen) atoms. The van der Waals surface area contributed by atoms with Crippen molar-refractivity contribution in [3.8, 4) is 0 Å². The Kier molecular flexibility index (Phi) is 2.91. The third kappa shape index (κ3) is 2.17. The Hall–Kier alpha value is -2.36. The molecule has 2 heterocycles. The van der Waals surface area contributed by atoms with Crippen LogP contribution < -0.4 is 5.32 Å². The summed E-state index contributed by atoms with van der Waals surface area (Å²) in [7, 11) is 1.84. The fourth-order valence-electron chi connectivity index (χ4n) is 2.35. The third-order valence-corrected chi connectivity index (χ3v) is 3.41. The van der Waals surface area contributed by atoms with Gasteiger partial charge in [-0.1, -0.05) is 6.07 Å². The van der Waals surface area contributed by atoms with Crippen molar-refractivity contribution >= 4 is 17.3 Å². The Morgan fingerprint density at radius 2 is 2.00 bits per heavy atom. The smallest absolute Gasteiger partial charge is 0.253 e. The van der Waals surface area contributed by atoms with Gasteiger partial charge in [-0.25, -0.2) is 0 Å². The zero-order valence-corrected chi connectivity index (χ0v) is 10.8. The number of nitrogens with zero attached hydrogens (tertiary/aromatic N) is 2. The van der Waals surface area contributed by atoms with Gasteiger partial charge in [-0.2, -0.15) is 0 Å². The van der Waals surface area contributed by atoms with Crippen LogP contribution >= 0.6 is 0 Å². The number of carbonyl (C=O) groups is 1. The van der Waals surface area contributed by atoms with Gasteiger partial charge in [0.2, 0.25) is 0 Å². The molecule has 1 N–H and O–H groups in total. The Bertz CT molecular complexity index is 610. The largest absolute Gasteiger partial charge is 0.355 e. The molecular weight excluding hydrogens is 238 g/mol. The predicted molar refractivity (Wildman–Crippen MR) is 74.6 cm³/mol. The van der Waals surface area contributed by atoms with Crippen molar-refractivity contribution < 1.29 is 4.79 Å². The van der Waals surface area contributed by atoms with E-state index in [4.69, 9.17) is 0 Å². The number of carbonyl (C=O) groups excluding carboxylic acids is 1. The molecule has 1 aliphatic rings. The maximum Gasteiger partial charge on any atom is 0.253 e. The van der Waals surface area contributed by atoms with Gasteiger partial charge in [0, 0.05) is 42.9 Å². The fourth-order valence-corrected chi connectivity index (χ4v) is 2.35. The lowest BCUT2D eigenvalue weighted by Gasteiger charge is -2.26. The Morgan fingerprint density at radius 1 is 1.21 bits per heavy atom. The quantitative estimate of drug-likeness (QED) is 0.894. The normalized spacial score (nSPS) is 14.2. The Morgan fingerprint density at radius 3 is 2.79 bits per heavy atom. The molecule has 96 valence electrons. The summed E-state index contributed by atoms with van der Waals surface area (Å²) in [6, 6.07) is 9.65. The standard InChI is InChI=1S/C15H15N3O/c1-18-10-7-12-13(15(18)19)3-2-4-14(12)17-11-5-8-16-9-6-11/h2-6,8-9H,7,10H2,1H3,(H,16,17). The number of hydrogen-bond acceptors (Lipinski definition) is 3. The van der Waals surface area contributed by atoms with Crippen molar-refractivity contribution in [3.05, 3.63) is 53.9 Å². The van der Waals surface area contributed by atoms with E-state index in [9.17, 15) is 4.79 Å². The molecule has 0 radical (unpaired) electrons. The number of aromatic nitrogens is 1. The zero-order valence-electron chi connectivity index (χ0n) is 10.8. The number of rotatable bonds is 2. The molecule has 4 nitrogen and oxygen atoms in total. The molecule has 2 aromatic rings. The van der Waals surface area contributed by atoms with E-state index in [-0.39, 0.29) is 5.91 Å². The van der Waals surface area contributed by atoms with Crippen LogP contribution in [0.5, 0.6) is 0 Å². The van der Waals surface area contributed by atoms with Crippen molar-refractivity contribution in [2.24, 2.45) is 0 Å². The van der Waals surface area contributed by atoms with Crippen LogP contribution in [0.3, 0.4) is 0 Å². The summed E-state index contributed by atoms with van der Waals surface area (Å²) in [4.78, 5) is 17.9. The summed E-state index contributed by atoms with van der Waals surface area (Å²) in [6.07, 6.45) is 4.37. The highest BCUT2D eigenvalue weighted by Gasteiger charge is 2.23. The summed E-state index contributed by atoms with van der Waals surface area (Å²) in [5.41, 5.74) is 3.88. The van der Waals surface area contributed by atoms with E-state index in [2.05, 4.69) is 10.3 Å². The first-order valence-corrected chi connectivity index (χ1v) is 6.30. The number of fused-ring (bicyclic) bond motifs is 1. The molecule has 1 aromatic carbocycles. The Labute approximate surface area is 112 Å². The number of pyridine rings is 1. The molecule has 0 spiro atoms. The van der Waals surface area contributed by atoms with Gasteiger partial charge in [-0.3, -0.25) is 9.78 Å². The lowest BCUT2D eigenvalue weighted by Crippen LogP contribution is -2.34. The number of nitrogens with one attached hydrogen (secondary N) is 1. The number of amides is 1. The van der Waals surface area contributed by atoms with E-state index in [1.807, 2.05) is 37.4 Å². The van der Waals surface area contributed by atoms with Gasteiger partial charge < -0.3 is 10.2 Å². The van der Waals surface area contributed by atoms with E-state index in [0.29, 0.717) is 0 Å². The lowest BCUT2D eigenvalue weighted by molar-refractivity contribution is 0.0781. The maximum absolute atomic E-state index is 12.1. The summed E-state index contributed by atoms with van der Waals surface area (Å²) >= 11 is 0. The number of hydrogen-bond donors (Lipinski definition) is 1. The van der Waals surface area contributed by atoms with Crippen molar-refractivity contribution in [2.45, 2.75) is 6.42 Å². The Balaban J connectivity index is 1.98. The highest BCUT2D eigenvalue weighted by Crippen LogP contribution is 2.27. The molecule has 1 aromatic heterocycles. The molecule has 0 aliphatic carbocycles. The fraction of sp³-hybridized carbons (Fsp3) is 0.200. The van der Waals surface area contributed by atoms with E-state index in [1.54, 1.807) is 17.3 Å². The van der Waals surface area contributed by atoms with Crippen LogP contribution in [0.4, 0.5) is 11.4 Å². The van der Waals surface area contributed by atoms with E-state index >= 15 is 0 Å². The molecular formula is C15H15N3O. The second-order valence-electron chi connectivity index (χ2n) is 4.67. The van der Waals surface area contributed by atoms with Crippen molar-refractivity contribution in [1.82, 2.24) is 9.88 Å². The van der Waals surface area contributed by atoms with Gasteiger partial charge in [0.15, 0.2) is 0 Å². The molecule has 0 atom stereocenters. The first kappa shape index (κ1) is 11.7. The topological polar surface area (TPSA) is 45.2 Å². The van der Waals surface area contributed by atoms with Crippen molar-refractivity contribution in [2.75, 3.05) is 18.9 Å². The second-order valence-corrected chi connectivity index (χ2v) is 4.67. The van der Waals surface area contributed by atoms with E-state index < -0.39 is 0 Å². The molecule has 0 unspecified atom stereocenters. The molecule has 0 fully saturated rings. The summed E-state index contributed by atoms with van der Waals surface area (Å²) in [6.45, 7) is 0.765. The van der Waals surface area contributed by atoms with Gasteiger partial charge in [0.1, 0.15) is 0 Å². The average molecular weight is 253 g/mol. The van der Waals surface area contributed by atoms with Crippen LogP contribution in [0.15, 0.2) is 42.7 Å². The number of benzene rings is 1. The number of likely N-dealkylation sites (N-methyl/N-ethyl adjacent to an activating group) is 1. The van der Waals surface area contributed by atoms with Crippen LogP contribution in [0.2, 0.25) is 0 Å². The minimum Gasteiger partial charge on any atom is -0.355 e. The van der Waals surface area contributed by atoms with Crippen LogP contribution in [0.25, 0.3) is 0 Å². The van der Waals surface area contributed by atoms with Gasteiger partial charge >= 0.3 is 0 Å². The van der Waals surface area contributed by atoms with E-state index in [1.165, 1.54) is 0 Å². The third-order valence-electron chi connectivity index (χ3n) is 3.41. The minimum absolute atomic E-state index is 0.0969. The van der Waals surface area contributed by atoms with Gasteiger partial charge in [0.05, 0.1) is 0 Å². The SMILES string of the molecule is CN1CCc2c(Nc3ccncc3)cccc2C1=O. The monoisotopic (exact) mass is 253 g/mol. The first-order valence-electron chi connectivity index (χ1n) is 6.30. The van der Waals surface area contributed by atoms with Gasteiger partial charge in [0.25, 0.3) is 5.91 Å². The van der Waals surface area contributed by atoms with Crippen molar-refractivity contribution in [1.29, 1.82) is 0 Å². The molecule has 4 heteroatoms. The summed E-state index contributed by atoms with van der Waals surface area (Å²) in [5, 5.41) is 3.36. The van der Waals surface area contributed by atoms with Crippen LogP contribution in [0, 0.1) is 0 Å². The highest BCUT2D eigenvalue weighted by atomic mass is 16.2.